The van der Waals surface area contributed by atoms with Gasteiger partial charge in [0.1, 0.15) is 5.75 Å². The molecule has 1 aromatic rings. The van der Waals surface area contributed by atoms with Crippen molar-refractivity contribution in [3.05, 3.63) is 35.9 Å². The largest absolute Gasteiger partial charge is 0.497 e. The Morgan fingerprint density at radius 1 is 1.23 bits per heavy atom. The first-order valence-corrected chi connectivity index (χ1v) is 7.78. The third-order valence-electron chi connectivity index (χ3n) is 3.17. The zero-order valence-corrected chi connectivity index (χ0v) is 14.2. The summed E-state index contributed by atoms with van der Waals surface area (Å²) in [6, 6.07) is 7.51. The van der Waals surface area contributed by atoms with E-state index in [4.69, 9.17) is 21.7 Å². The van der Waals surface area contributed by atoms with Gasteiger partial charge in [-0.1, -0.05) is 18.2 Å². The number of ether oxygens (including phenoxy) is 2. The summed E-state index contributed by atoms with van der Waals surface area (Å²) in [7, 11) is 1.62. The molecule has 0 spiro atoms. The van der Waals surface area contributed by atoms with Crippen molar-refractivity contribution >= 4 is 29.3 Å². The molecular weight excluding hydrogens is 298 g/mol. The predicted octanol–water partition coefficient (Wildman–Crippen LogP) is 3.31. The molecule has 0 atom stereocenters. The van der Waals surface area contributed by atoms with Crippen LogP contribution >= 0.6 is 12.2 Å². The number of allylic oxidation sites excluding steroid dienone is 1. The lowest BCUT2D eigenvalue weighted by molar-refractivity contribution is -0.115. The molecule has 0 saturated carbocycles. The smallest absolute Gasteiger partial charge is 0.259 e. The Bertz CT molecular complexity index is 507. The Labute approximate surface area is 137 Å². The van der Waals surface area contributed by atoms with Crippen LogP contribution in [-0.2, 0) is 9.53 Å². The first-order valence-electron chi connectivity index (χ1n) is 7.37. The molecule has 0 bridgehead atoms. The van der Waals surface area contributed by atoms with Gasteiger partial charge in [-0.2, -0.15) is 0 Å². The maximum absolute atomic E-state index is 11.8. The summed E-state index contributed by atoms with van der Waals surface area (Å²) in [5.74, 6) is 0.806. The van der Waals surface area contributed by atoms with Crippen LogP contribution in [0, 0.1) is 0 Å². The van der Waals surface area contributed by atoms with E-state index >= 15 is 0 Å². The maximum Gasteiger partial charge on any atom is 0.259 e. The van der Waals surface area contributed by atoms with Crippen molar-refractivity contribution in [3.63, 3.8) is 0 Å². The zero-order valence-electron chi connectivity index (χ0n) is 13.4. The molecule has 1 aromatic carbocycles. The minimum atomic E-state index is 0.0122. The van der Waals surface area contributed by atoms with Crippen LogP contribution in [0.4, 0.5) is 0 Å². The van der Waals surface area contributed by atoms with Gasteiger partial charge < -0.3 is 14.4 Å². The molecule has 0 heterocycles. The van der Waals surface area contributed by atoms with Crippen molar-refractivity contribution in [2.75, 3.05) is 26.8 Å². The highest BCUT2D eigenvalue weighted by Crippen LogP contribution is 2.12. The van der Waals surface area contributed by atoms with E-state index in [0.717, 1.165) is 24.4 Å². The number of ketones is 1. The van der Waals surface area contributed by atoms with Crippen LogP contribution in [0.3, 0.4) is 0 Å². The fourth-order valence-corrected chi connectivity index (χ4v) is 2.14. The molecule has 0 aromatic heterocycles. The van der Waals surface area contributed by atoms with Crippen LogP contribution in [0.25, 0.3) is 6.08 Å². The molecule has 22 heavy (non-hydrogen) atoms. The van der Waals surface area contributed by atoms with Crippen LogP contribution in [0.1, 0.15) is 25.8 Å². The zero-order chi connectivity index (χ0) is 16.4. The number of carbonyl (C=O) groups excluding carboxylic acids is 1. The van der Waals surface area contributed by atoms with Crippen molar-refractivity contribution in [3.8, 4) is 5.75 Å². The van der Waals surface area contributed by atoms with Crippen LogP contribution < -0.4 is 4.74 Å². The lowest BCUT2D eigenvalue weighted by atomic mass is 10.1. The fourth-order valence-electron chi connectivity index (χ4n) is 1.80. The van der Waals surface area contributed by atoms with Gasteiger partial charge in [0, 0.05) is 19.5 Å². The molecule has 0 saturated heterocycles. The van der Waals surface area contributed by atoms with Crippen LogP contribution in [0.5, 0.6) is 5.75 Å². The first kappa shape index (κ1) is 18.2. The van der Waals surface area contributed by atoms with Gasteiger partial charge in [0.15, 0.2) is 5.78 Å². The number of carbonyl (C=O) groups is 1. The number of thiocarbonyl (C=S) groups is 1. The summed E-state index contributed by atoms with van der Waals surface area (Å²) >= 11 is 5.15. The second-order valence-electron chi connectivity index (χ2n) is 4.61. The second kappa shape index (κ2) is 9.95. The summed E-state index contributed by atoms with van der Waals surface area (Å²) in [5, 5.41) is 0.455. The molecule has 4 nitrogen and oxygen atoms in total. The molecule has 0 aliphatic heterocycles. The van der Waals surface area contributed by atoms with Crippen molar-refractivity contribution in [1.29, 1.82) is 0 Å². The average Bonchev–Trinajstić information content (AvgIpc) is 2.54. The van der Waals surface area contributed by atoms with Gasteiger partial charge >= 0.3 is 0 Å². The third-order valence-corrected chi connectivity index (χ3v) is 3.55. The standard InChI is InChI=1S/C17H23NO3S/c1-4-18(5-2)17(22)21-13-12-15(19)9-6-14-7-10-16(20-3)11-8-14/h6-11H,4-5,12-13H2,1-3H3. The van der Waals surface area contributed by atoms with Crippen molar-refractivity contribution in [2.45, 2.75) is 20.3 Å². The van der Waals surface area contributed by atoms with Gasteiger partial charge in [-0.25, -0.2) is 0 Å². The van der Waals surface area contributed by atoms with E-state index in [-0.39, 0.29) is 5.78 Å². The van der Waals surface area contributed by atoms with Crippen molar-refractivity contribution < 1.29 is 14.3 Å². The molecule has 0 amide bonds. The third kappa shape index (κ3) is 6.26. The minimum absolute atomic E-state index is 0.0122. The van der Waals surface area contributed by atoms with Crippen LogP contribution in [-0.4, -0.2) is 42.7 Å². The summed E-state index contributed by atoms with van der Waals surface area (Å²) in [6.07, 6.45) is 3.66. The quantitative estimate of drug-likeness (QED) is 0.542. The highest BCUT2D eigenvalue weighted by Gasteiger charge is 2.06. The van der Waals surface area contributed by atoms with E-state index in [0.29, 0.717) is 18.2 Å². The molecule has 5 heteroatoms. The van der Waals surface area contributed by atoms with E-state index in [1.54, 1.807) is 19.3 Å². The topological polar surface area (TPSA) is 38.8 Å². The van der Waals surface area contributed by atoms with Gasteiger partial charge in [-0.3, -0.25) is 4.79 Å². The lowest BCUT2D eigenvalue weighted by Gasteiger charge is -2.20. The molecule has 120 valence electrons. The second-order valence-corrected chi connectivity index (χ2v) is 4.96. The SMILES string of the molecule is CCN(CC)C(=S)OCCC(=O)C=Cc1ccc(OC)cc1. The molecule has 0 unspecified atom stereocenters. The number of rotatable bonds is 8. The fraction of sp³-hybridized carbons (Fsp3) is 0.412. The van der Waals surface area contributed by atoms with Crippen LogP contribution in [0.2, 0.25) is 0 Å². The minimum Gasteiger partial charge on any atom is -0.497 e. The number of benzene rings is 1. The molecule has 0 aliphatic rings. The van der Waals surface area contributed by atoms with Gasteiger partial charge in [0.05, 0.1) is 13.7 Å². The van der Waals surface area contributed by atoms with E-state index in [1.807, 2.05) is 43.0 Å². The highest BCUT2D eigenvalue weighted by molar-refractivity contribution is 7.80. The number of methoxy groups -OCH3 is 1. The molecular formula is C17H23NO3S. The average molecular weight is 321 g/mol. The summed E-state index contributed by atoms with van der Waals surface area (Å²) in [5.41, 5.74) is 0.953. The van der Waals surface area contributed by atoms with E-state index < -0.39 is 0 Å². The highest BCUT2D eigenvalue weighted by atomic mass is 32.1. The Hall–Kier alpha value is -1.88. The van der Waals surface area contributed by atoms with Crippen molar-refractivity contribution in [2.24, 2.45) is 0 Å². The van der Waals surface area contributed by atoms with E-state index in [2.05, 4.69) is 0 Å². The molecule has 0 fully saturated rings. The monoisotopic (exact) mass is 321 g/mol. The molecule has 0 radical (unpaired) electrons. The van der Waals surface area contributed by atoms with E-state index in [9.17, 15) is 4.79 Å². The number of nitrogens with zero attached hydrogens (tertiary/aromatic N) is 1. The molecule has 1 rings (SSSR count). The van der Waals surface area contributed by atoms with Gasteiger partial charge in [0.2, 0.25) is 0 Å². The summed E-state index contributed by atoms with van der Waals surface area (Å²) in [6.45, 7) is 5.95. The maximum atomic E-state index is 11.8. The predicted molar refractivity (Wildman–Crippen MR) is 93.1 cm³/mol. The Kier molecular flexibility index (Phi) is 8.22. The van der Waals surface area contributed by atoms with Gasteiger partial charge in [0.25, 0.3) is 5.17 Å². The number of hydrogen-bond donors (Lipinski definition) is 0. The summed E-state index contributed by atoms with van der Waals surface area (Å²) in [4.78, 5) is 13.7. The normalized spacial score (nSPS) is 10.5. The summed E-state index contributed by atoms with van der Waals surface area (Å²) < 4.78 is 10.5. The van der Waals surface area contributed by atoms with Gasteiger partial charge in [-0.05, 0) is 49.8 Å². The Morgan fingerprint density at radius 3 is 2.41 bits per heavy atom. The van der Waals surface area contributed by atoms with Gasteiger partial charge in [-0.15, -0.1) is 0 Å². The lowest BCUT2D eigenvalue weighted by Crippen LogP contribution is -2.31. The molecule has 0 aliphatic carbocycles. The van der Waals surface area contributed by atoms with Crippen LogP contribution in [0.15, 0.2) is 30.3 Å². The molecule has 0 N–H and O–H groups in total. The Morgan fingerprint density at radius 2 is 1.86 bits per heavy atom. The van der Waals surface area contributed by atoms with E-state index in [1.165, 1.54) is 0 Å². The Balaban J connectivity index is 2.36. The number of hydrogen-bond acceptors (Lipinski definition) is 4. The first-order chi connectivity index (χ1) is 10.6. The van der Waals surface area contributed by atoms with Crippen molar-refractivity contribution in [1.82, 2.24) is 4.90 Å².